The predicted octanol–water partition coefficient (Wildman–Crippen LogP) is 2.18. The van der Waals surface area contributed by atoms with Gasteiger partial charge in [-0.2, -0.15) is 0 Å². The standard InChI is InChI=1S/C21H28N4O2/c1-22-17(8-9-18(22)16-25-10-4-7-21(25)27)15-23-11-13-24(14-12-23)19-5-2-3-6-20(19)26/h2-3,5-6,8-9,26H,4,7,10-16H2,1H3. The smallest absolute Gasteiger partial charge is 0.222 e. The SMILES string of the molecule is Cn1c(CN2CCN(c3ccccc3O)CC2)ccc1CN1CCCC1=O. The second-order valence-electron chi connectivity index (χ2n) is 7.55. The van der Waals surface area contributed by atoms with Crippen molar-refractivity contribution < 1.29 is 9.90 Å². The molecule has 1 amide bonds. The number of benzene rings is 1. The summed E-state index contributed by atoms with van der Waals surface area (Å²) in [7, 11) is 2.10. The van der Waals surface area contributed by atoms with Crippen molar-refractivity contribution in [1.29, 1.82) is 0 Å². The molecule has 0 aliphatic carbocycles. The summed E-state index contributed by atoms with van der Waals surface area (Å²) >= 11 is 0. The van der Waals surface area contributed by atoms with Gasteiger partial charge < -0.3 is 19.5 Å². The number of aromatic hydroxyl groups is 1. The van der Waals surface area contributed by atoms with E-state index in [1.807, 2.05) is 23.1 Å². The molecule has 6 nitrogen and oxygen atoms in total. The first kappa shape index (κ1) is 17.9. The van der Waals surface area contributed by atoms with Gasteiger partial charge in [-0.3, -0.25) is 9.69 Å². The van der Waals surface area contributed by atoms with Crippen molar-refractivity contribution in [2.75, 3.05) is 37.6 Å². The molecule has 27 heavy (non-hydrogen) atoms. The van der Waals surface area contributed by atoms with Crippen LogP contribution in [0.25, 0.3) is 0 Å². The van der Waals surface area contributed by atoms with Gasteiger partial charge in [0, 0.05) is 64.1 Å². The van der Waals surface area contributed by atoms with Gasteiger partial charge in [0.15, 0.2) is 0 Å². The van der Waals surface area contributed by atoms with Crippen LogP contribution >= 0.6 is 0 Å². The number of nitrogens with zero attached hydrogens (tertiary/aromatic N) is 4. The lowest BCUT2D eigenvalue weighted by Gasteiger charge is -2.36. The van der Waals surface area contributed by atoms with Gasteiger partial charge in [-0.1, -0.05) is 12.1 Å². The molecule has 2 aliphatic heterocycles. The van der Waals surface area contributed by atoms with Gasteiger partial charge in [0.05, 0.1) is 12.2 Å². The minimum atomic E-state index is 0.276. The summed E-state index contributed by atoms with van der Waals surface area (Å²) in [5, 5.41) is 10.1. The summed E-state index contributed by atoms with van der Waals surface area (Å²) in [5.41, 5.74) is 3.41. The number of phenols is 1. The van der Waals surface area contributed by atoms with Crippen LogP contribution in [0, 0.1) is 0 Å². The van der Waals surface area contributed by atoms with Crippen LogP contribution in [-0.2, 0) is 24.9 Å². The number of hydrogen-bond donors (Lipinski definition) is 1. The Morgan fingerprint density at radius 1 is 0.926 bits per heavy atom. The van der Waals surface area contributed by atoms with Crippen LogP contribution in [0.2, 0.25) is 0 Å². The van der Waals surface area contributed by atoms with Crippen molar-refractivity contribution in [1.82, 2.24) is 14.4 Å². The van der Waals surface area contributed by atoms with Crippen molar-refractivity contribution in [3.05, 3.63) is 47.8 Å². The fourth-order valence-corrected chi connectivity index (χ4v) is 4.09. The van der Waals surface area contributed by atoms with Crippen LogP contribution < -0.4 is 4.90 Å². The van der Waals surface area contributed by atoms with Crippen LogP contribution in [0.4, 0.5) is 5.69 Å². The number of carbonyl (C=O) groups is 1. The summed E-state index contributed by atoms with van der Waals surface area (Å²) in [6.45, 7) is 6.29. The van der Waals surface area contributed by atoms with E-state index in [-0.39, 0.29) is 5.91 Å². The highest BCUT2D eigenvalue weighted by atomic mass is 16.3. The Balaban J connectivity index is 1.34. The second-order valence-corrected chi connectivity index (χ2v) is 7.55. The lowest BCUT2D eigenvalue weighted by molar-refractivity contribution is -0.128. The Hall–Kier alpha value is -2.47. The quantitative estimate of drug-likeness (QED) is 0.879. The molecule has 0 bridgehead atoms. The number of para-hydroxylation sites is 2. The molecule has 1 aromatic heterocycles. The average Bonchev–Trinajstić information content (AvgIpc) is 3.23. The summed E-state index contributed by atoms with van der Waals surface area (Å²) in [6, 6.07) is 11.9. The molecule has 3 heterocycles. The molecule has 2 saturated heterocycles. The van der Waals surface area contributed by atoms with Gasteiger partial charge in [0.25, 0.3) is 0 Å². The van der Waals surface area contributed by atoms with Crippen molar-refractivity contribution in [3.63, 3.8) is 0 Å². The molecule has 0 atom stereocenters. The number of aromatic nitrogens is 1. The van der Waals surface area contributed by atoms with E-state index in [9.17, 15) is 9.90 Å². The third kappa shape index (κ3) is 3.81. The number of phenolic OH excluding ortho intramolecular Hbond substituents is 1. The van der Waals surface area contributed by atoms with E-state index >= 15 is 0 Å². The monoisotopic (exact) mass is 368 g/mol. The highest BCUT2D eigenvalue weighted by Crippen LogP contribution is 2.27. The largest absolute Gasteiger partial charge is 0.506 e. The van der Waals surface area contributed by atoms with Gasteiger partial charge in [-0.05, 0) is 30.7 Å². The van der Waals surface area contributed by atoms with Crippen LogP contribution in [0.5, 0.6) is 5.75 Å². The number of piperazine rings is 1. The molecule has 0 saturated carbocycles. The summed E-state index contributed by atoms with van der Waals surface area (Å²) in [6.07, 6.45) is 1.68. The lowest BCUT2D eigenvalue weighted by Crippen LogP contribution is -2.46. The normalized spacial score (nSPS) is 18.5. The minimum Gasteiger partial charge on any atom is -0.506 e. The Labute approximate surface area is 160 Å². The van der Waals surface area contributed by atoms with Crippen molar-refractivity contribution in [2.45, 2.75) is 25.9 Å². The van der Waals surface area contributed by atoms with Crippen LogP contribution in [-0.4, -0.2) is 58.1 Å². The lowest BCUT2D eigenvalue weighted by atomic mass is 10.2. The molecule has 2 aromatic rings. The Morgan fingerprint density at radius 3 is 2.30 bits per heavy atom. The van der Waals surface area contributed by atoms with E-state index in [4.69, 9.17) is 0 Å². The maximum atomic E-state index is 11.9. The van der Waals surface area contributed by atoms with Crippen LogP contribution in [0.3, 0.4) is 0 Å². The van der Waals surface area contributed by atoms with E-state index in [2.05, 4.69) is 33.5 Å². The molecule has 1 aromatic carbocycles. The molecule has 0 unspecified atom stereocenters. The number of rotatable bonds is 5. The number of hydrogen-bond acceptors (Lipinski definition) is 4. The van der Waals surface area contributed by atoms with E-state index in [0.29, 0.717) is 12.2 Å². The molecule has 2 fully saturated rings. The van der Waals surface area contributed by atoms with Gasteiger partial charge in [-0.25, -0.2) is 0 Å². The molecule has 1 N–H and O–H groups in total. The number of carbonyl (C=O) groups excluding carboxylic acids is 1. The Morgan fingerprint density at radius 2 is 1.63 bits per heavy atom. The van der Waals surface area contributed by atoms with Crippen molar-refractivity contribution in [3.8, 4) is 5.75 Å². The van der Waals surface area contributed by atoms with E-state index < -0.39 is 0 Å². The fraction of sp³-hybridized carbons (Fsp3) is 0.476. The molecule has 144 valence electrons. The maximum absolute atomic E-state index is 11.9. The van der Waals surface area contributed by atoms with Gasteiger partial charge in [-0.15, -0.1) is 0 Å². The predicted molar refractivity (Wildman–Crippen MR) is 106 cm³/mol. The summed E-state index contributed by atoms with van der Waals surface area (Å²) in [4.78, 5) is 18.5. The van der Waals surface area contributed by atoms with E-state index in [1.54, 1.807) is 6.07 Å². The number of likely N-dealkylation sites (tertiary alicyclic amines) is 1. The average molecular weight is 368 g/mol. The van der Waals surface area contributed by atoms with Gasteiger partial charge in [0.2, 0.25) is 5.91 Å². The molecule has 4 rings (SSSR count). The minimum absolute atomic E-state index is 0.276. The highest BCUT2D eigenvalue weighted by molar-refractivity contribution is 5.78. The van der Waals surface area contributed by atoms with Crippen LogP contribution in [0.15, 0.2) is 36.4 Å². The number of anilines is 1. The van der Waals surface area contributed by atoms with Gasteiger partial charge in [0.1, 0.15) is 5.75 Å². The molecular weight excluding hydrogens is 340 g/mol. The molecule has 2 aliphatic rings. The fourth-order valence-electron chi connectivity index (χ4n) is 4.09. The first-order valence-corrected chi connectivity index (χ1v) is 9.78. The number of amides is 1. The zero-order chi connectivity index (χ0) is 18.8. The van der Waals surface area contributed by atoms with Crippen molar-refractivity contribution in [2.24, 2.45) is 7.05 Å². The highest BCUT2D eigenvalue weighted by Gasteiger charge is 2.23. The zero-order valence-electron chi connectivity index (χ0n) is 16.0. The Bertz CT molecular complexity index is 808. The molecule has 6 heteroatoms. The second kappa shape index (κ2) is 7.64. The topological polar surface area (TPSA) is 52.0 Å². The van der Waals surface area contributed by atoms with Gasteiger partial charge >= 0.3 is 0 Å². The third-order valence-electron chi connectivity index (χ3n) is 5.83. The van der Waals surface area contributed by atoms with E-state index in [1.165, 1.54) is 11.4 Å². The third-order valence-corrected chi connectivity index (χ3v) is 5.83. The molecular formula is C21H28N4O2. The maximum Gasteiger partial charge on any atom is 0.222 e. The molecule has 0 radical (unpaired) electrons. The Kier molecular flexibility index (Phi) is 5.07. The first-order valence-electron chi connectivity index (χ1n) is 9.78. The first-order chi connectivity index (χ1) is 13.1. The van der Waals surface area contributed by atoms with E-state index in [0.717, 1.165) is 57.9 Å². The van der Waals surface area contributed by atoms with Crippen molar-refractivity contribution >= 4 is 11.6 Å². The van der Waals surface area contributed by atoms with Crippen LogP contribution in [0.1, 0.15) is 24.2 Å². The summed E-state index contributed by atoms with van der Waals surface area (Å²) in [5.74, 6) is 0.632. The summed E-state index contributed by atoms with van der Waals surface area (Å²) < 4.78 is 2.24. The zero-order valence-corrected chi connectivity index (χ0v) is 16.0. The molecule has 0 spiro atoms.